The fraction of sp³-hybridized carbons (Fsp3) is 0.0870. The molecule has 0 radical (unpaired) electrons. The van der Waals surface area contributed by atoms with E-state index >= 15 is 0 Å². The number of hydrogen-bond donors (Lipinski definition) is 0. The molecule has 0 fully saturated rings. The van der Waals surface area contributed by atoms with E-state index in [1.165, 1.54) is 49.6 Å². The predicted molar refractivity (Wildman–Crippen MR) is 119 cm³/mol. The highest BCUT2D eigenvalue weighted by Gasteiger charge is 2.36. The number of rotatable bonds is 5. The Hall–Kier alpha value is -3.36. The molecule has 0 spiro atoms. The molecule has 9 heteroatoms. The van der Waals surface area contributed by atoms with Crippen molar-refractivity contribution in [3.63, 3.8) is 0 Å². The van der Waals surface area contributed by atoms with Gasteiger partial charge in [0.15, 0.2) is 11.5 Å². The van der Waals surface area contributed by atoms with E-state index in [2.05, 4.69) is 0 Å². The number of ketones is 1. The van der Waals surface area contributed by atoms with Gasteiger partial charge in [0, 0.05) is 28.5 Å². The summed E-state index contributed by atoms with van der Waals surface area (Å²) in [7, 11) is -1.27. The van der Waals surface area contributed by atoms with E-state index < -0.39 is 26.3 Å². The van der Waals surface area contributed by atoms with Crippen LogP contribution in [0, 0.1) is 5.82 Å². The van der Waals surface area contributed by atoms with Crippen LogP contribution in [0.4, 0.5) is 15.8 Å². The van der Waals surface area contributed by atoms with E-state index in [0.717, 1.165) is 18.2 Å². The molecule has 6 nitrogen and oxygen atoms in total. The third-order valence-corrected chi connectivity index (χ3v) is 7.03. The predicted octanol–water partition coefficient (Wildman–Crippen LogP) is 5.15. The quantitative estimate of drug-likeness (QED) is 0.377. The lowest BCUT2D eigenvalue weighted by Crippen LogP contribution is -2.26. The van der Waals surface area contributed by atoms with Crippen molar-refractivity contribution in [3.05, 3.63) is 88.2 Å². The number of sulfone groups is 1. The van der Waals surface area contributed by atoms with Crippen LogP contribution in [0.3, 0.4) is 0 Å². The van der Waals surface area contributed by atoms with Crippen molar-refractivity contribution in [3.8, 4) is 11.5 Å². The molecule has 1 aliphatic rings. The van der Waals surface area contributed by atoms with Crippen molar-refractivity contribution in [2.24, 2.45) is 0 Å². The van der Waals surface area contributed by atoms with Crippen LogP contribution in [0.2, 0.25) is 5.02 Å². The lowest BCUT2D eigenvalue weighted by molar-refractivity contribution is 0.104. The van der Waals surface area contributed by atoms with Gasteiger partial charge in [-0.1, -0.05) is 11.6 Å². The van der Waals surface area contributed by atoms with Crippen molar-refractivity contribution < 1.29 is 27.1 Å². The Morgan fingerprint density at radius 3 is 2.28 bits per heavy atom. The van der Waals surface area contributed by atoms with Crippen molar-refractivity contribution in [2.75, 3.05) is 19.1 Å². The maximum Gasteiger partial charge on any atom is 0.214 e. The number of Topliss-reactive ketones (excluding diaryl/α,β-unsaturated/α-hetero) is 1. The number of nitrogens with zero attached hydrogens (tertiary/aromatic N) is 1. The highest BCUT2D eigenvalue weighted by molar-refractivity contribution is 7.96. The van der Waals surface area contributed by atoms with E-state index in [0.29, 0.717) is 22.2 Å². The summed E-state index contributed by atoms with van der Waals surface area (Å²) in [5, 5.41) is 0.412. The molecule has 0 N–H and O–H groups in total. The van der Waals surface area contributed by atoms with E-state index in [-0.39, 0.29) is 16.1 Å². The standard InChI is InChI=1S/C23H17ClFNO5S/c1-30-19-9-8-17(12-20(19)31-2)26-13-22(23(27)14-3-5-15(24)6-4-14)32(28,29)21-10-7-16(25)11-18(21)26/h3-13H,1-2H3. The molecular formula is C23H17ClFNO5S. The van der Waals surface area contributed by atoms with Crippen LogP contribution in [0.5, 0.6) is 11.5 Å². The van der Waals surface area contributed by atoms with Crippen molar-refractivity contribution >= 4 is 38.6 Å². The lowest BCUT2D eigenvalue weighted by atomic mass is 10.1. The summed E-state index contributed by atoms with van der Waals surface area (Å²) in [6, 6.07) is 14.1. The van der Waals surface area contributed by atoms with Gasteiger partial charge in [-0.2, -0.15) is 0 Å². The Balaban J connectivity index is 1.93. The minimum absolute atomic E-state index is 0.0740. The average molecular weight is 474 g/mol. The van der Waals surface area contributed by atoms with Crippen LogP contribution in [-0.2, 0) is 9.84 Å². The zero-order valence-electron chi connectivity index (χ0n) is 17.0. The molecule has 4 rings (SSSR count). The third kappa shape index (κ3) is 3.72. The number of carbonyl (C=O) groups excluding carboxylic acids is 1. The molecule has 0 saturated carbocycles. The number of anilines is 2. The van der Waals surface area contributed by atoms with Gasteiger partial charge in [-0.25, -0.2) is 12.8 Å². The van der Waals surface area contributed by atoms with Crippen molar-refractivity contribution in [1.29, 1.82) is 0 Å². The monoisotopic (exact) mass is 473 g/mol. The van der Waals surface area contributed by atoms with Crippen LogP contribution in [0.1, 0.15) is 10.4 Å². The molecule has 0 atom stereocenters. The third-order valence-electron chi connectivity index (χ3n) is 4.98. The molecule has 0 bridgehead atoms. The number of fused-ring (bicyclic) bond motifs is 1. The maximum absolute atomic E-state index is 14.1. The molecular weight excluding hydrogens is 457 g/mol. The van der Waals surface area contributed by atoms with Gasteiger partial charge in [0.1, 0.15) is 10.7 Å². The first kappa shape index (κ1) is 21.9. The number of allylic oxidation sites excluding steroid dienone is 1. The molecule has 3 aromatic rings. The van der Waals surface area contributed by atoms with Gasteiger partial charge in [0.2, 0.25) is 15.6 Å². The summed E-state index contributed by atoms with van der Waals surface area (Å²) in [6.45, 7) is 0. The Kier molecular flexibility index (Phi) is 5.66. The number of methoxy groups -OCH3 is 2. The van der Waals surface area contributed by atoms with Crippen LogP contribution in [0.25, 0.3) is 0 Å². The summed E-state index contributed by atoms with van der Waals surface area (Å²) in [6.07, 6.45) is 1.19. The number of ether oxygens (including phenoxy) is 2. The van der Waals surface area contributed by atoms with E-state index in [9.17, 15) is 17.6 Å². The molecule has 0 aliphatic carbocycles. The summed E-state index contributed by atoms with van der Waals surface area (Å²) < 4.78 is 51.2. The normalized spacial score (nSPS) is 14.4. The second-order valence-corrected chi connectivity index (χ2v) is 9.18. The van der Waals surface area contributed by atoms with Gasteiger partial charge in [-0.05, 0) is 54.6 Å². The molecule has 164 valence electrons. The second-order valence-electron chi connectivity index (χ2n) is 6.85. The van der Waals surface area contributed by atoms with Crippen LogP contribution in [0.15, 0.2) is 76.7 Å². The van der Waals surface area contributed by atoms with E-state index in [1.807, 2.05) is 0 Å². The molecule has 0 aromatic heterocycles. The fourth-order valence-corrected chi connectivity index (χ4v) is 5.04. The number of hydrogen-bond acceptors (Lipinski definition) is 6. The van der Waals surface area contributed by atoms with Crippen LogP contribution >= 0.6 is 11.6 Å². The summed E-state index contributed by atoms with van der Waals surface area (Å²) in [4.78, 5) is 14.0. The first-order valence-electron chi connectivity index (χ1n) is 9.34. The number of halogens is 2. The van der Waals surface area contributed by atoms with E-state index in [1.54, 1.807) is 18.2 Å². The topological polar surface area (TPSA) is 72.9 Å². The second kappa shape index (κ2) is 8.29. The molecule has 1 heterocycles. The zero-order chi connectivity index (χ0) is 23.0. The maximum atomic E-state index is 14.1. The van der Waals surface area contributed by atoms with Crippen LogP contribution in [-0.4, -0.2) is 28.4 Å². The average Bonchev–Trinajstić information content (AvgIpc) is 2.78. The molecule has 0 amide bonds. The lowest BCUT2D eigenvalue weighted by Gasteiger charge is -2.29. The number of benzene rings is 3. The Morgan fingerprint density at radius 2 is 1.62 bits per heavy atom. The first-order valence-corrected chi connectivity index (χ1v) is 11.2. The van der Waals surface area contributed by atoms with Gasteiger partial charge < -0.3 is 14.4 Å². The van der Waals surface area contributed by atoms with E-state index in [4.69, 9.17) is 21.1 Å². The molecule has 0 unspecified atom stereocenters. The summed E-state index contributed by atoms with van der Waals surface area (Å²) in [5.41, 5.74) is 0.678. The summed E-state index contributed by atoms with van der Waals surface area (Å²) >= 11 is 5.89. The Bertz CT molecular complexity index is 1350. The highest BCUT2D eigenvalue weighted by Crippen LogP contribution is 2.42. The van der Waals surface area contributed by atoms with Crippen LogP contribution < -0.4 is 14.4 Å². The van der Waals surface area contributed by atoms with Gasteiger partial charge in [-0.15, -0.1) is 0 Å². The van der Waals surface area contributed by atoms with Crippen molar-refractivity contribution in [2.45, 2.75) is 4.90 Å². The van der Waals surface area contributed by atoms with Gasteiger partial charge >= 0.3 is 0 Å². The Morgan fingerprint density at radius 1 is 0.938 bits per heavy atom. The van der Waals surface area contributed by atoms with Gasteiger partial charge in [0.05, 0.1) is 24.8 Å². The highest BCUT2D eigenvalue weighted by atomic mass is 35.5. The SMILES string of the molecule is COc1ccc(N2C=C(C(=O)c3ccc(Cl)cc3)S(=O)(=O)c3ccc(F)cc32)cc1OC. The molecule has 0 saturated heterocycles. The number of carbonyl (C=O) groups is 1. The molecule has 32 heavy (non-hydrogen) atoms. The fourth-order valence-electron chi connectivity index (χ4n) is 3.39. The van der Waals surface area contributed by atoms with Gasteiger partial charge in [-0.3, -0.25) is 4.79 Å². The summed E-state index contributed by atoms with van der Waals surface area (Å²) in [5.74, 6) is -0.482. The zero-order valence-corrected chi connectivity index (χ0v) is 18.6. The van der Waals surface area contributed by atoms with Crippen molar-refractivity contribution in [1.82, 2.24) is 0 Å². The molecule has 1 aliphatic heterocycles. The smallest absolute Gasteiger partial charge is 0.214 e. The largest absolute Gasteiger partial charge is 0.493 e. The minimum Gasteiger partial charge on any atom is -0.493 e. The first-order chi connectivity index (χ1) is 15.3. The minimum atomic E-state index is -4.21. The Labute approximate surface area is 189 Å². The molecule has 3 aromatic carbocycles. The van der Waals surface area contributed by atoms with Gasteiger partial charge in [0.25, 0.3) is 0 Å².